The molecule has 0 amide bonds. The van der Waals surface area contributed by atoms with Gasteiger partial charge in [-0.2, -0.15) is 0 Å². The van der Waals surface area contributed by atoms with Crippen molar-refractivity contribution in [2.45, 2.75) is 26.4 Å². The zero-order valence-electron chi connectivity index (χ0n) is 11.2. The SMILES string of the molecule is Cc1ccc([C@H](C)NCc2cc(O)cc(F)c2)cc1. The molecule has 0 aliphatic heterocycles. The van der Waals surface area contributed by atoms with Crippen molar-refractivity contribution >= 4 is 0 Å². The van der Waals surface area contributed by atoms with E-state index in [9.17, 15) is 9.50 Å². The lowest BCUT2D eigenvalue weighted by atomic mass is 10.1. The van der Waals surface area contributed by atoms with Gasteiger partial charge in [0.15, 0.2) is 0 Å². The van der Waals surface area contributed by atoms with Gasteiger partial charge in [-0.3, -0.25) is 0 Å². The van der Waals surface area contributed by atoms with Crippen LogP contribution in [0.2, 0.25) is 0 Å². The number of hydrogen-bond acceptors (Lipinski definition) is 2. The highest BCUT2D eigenvalue weighted by Gasteiger charge is 2.05. The highest BCUT2D eigenvalue weighted by atomic mass is 19.1. The molecule has 1 atom stereocenters. The average molecular weight is 259 g/mol. The van der Waals surface area contributed by atoms with E-state index in [0.29, 0.717) is 6.54 Å². The predicted octanol–water partition coefficient (Wildman–Crippen LogP) is 3.69. The van der Waals surface area contributed by atoms with Crippen molar-refractivity contribution in [2.24, 2.45) is 0 Å². The second-order valence-electron chi connectivity index (χ2n) is 4.83. The van der Waals surface area contributed by atoms with Crippen LogP contribution in [0.1, 0.15) is 29.7 Å². The number of hydrogen-bond donors (Lipinski definition) is 2. The summed E-state index contributed by atoms with van der Waals surface area (Å²) < 4.78 is 13.1. The fourth-order valence-corrected chi connectivity index (χ4v) is 1.98. The Balaban J connectivity index is 1.99. The zero-order valence-corrected chi connectivity index (χ0v) is 11.2. The first-order valence-electron chi connectivity index (χ1n) is 6.33. The van der Waals surface area contributed by atoms with Crippen molar-refractivity contribution in [3.05, 3.63) is 65.0 Å². The quantitative estimate of drug-likeness (QED) is 0.877. The summed E-state index contributed by atoms with van der Waals surface area (Å²) in [5.41, 5.74) is 3.15. The molecule has 0 aliphatic rings. The summed E-state index contributed by atoms with van der Waals surface area (Å²) in [4.78, 5) is 0. The average Bonchev–Trinajstić information content (AvgIpc) is 2.36. The first-order chi connectivity index (χ1) is 9.04. The van der Waals surface area contributed by atoms with E-state index >= 15 is 0 Å². The van der Waals surface area contributed by atoms with E-state index in [-0.39, 0.29) is 11.8 Å². The summed E-state index contributed by atoms with van der Waals surface area (Å²) in [6, 6.07) is 12.6. The second kappa shape index (κ2) is 5.85. The summed E-state index contributed by atoms with van der Waals surface area (Å²) in [6.45, 7) is 4.63. The maximum absolute atomic E-state index is 13.1. The number of rotatable bonds is 4. The molecule has 19 heavy (non-hydrogen) atoms. The molecule has 0 radical (unpaired) electrons. The van der Waals surface area contributed by atoms with Gasteiger partial charge in [0.1, 0.15) is 11.6 Å². The molecule has 2 nitrogen and oxygen atoms in total. The molecule has 0 fully saturated rings. The second-order valence-corrected chi connectivity index (χ2v) is 4.83. The van der Waals surface area contributed by atoms with Crippen LogP contribution in [0.4, 0.5) is 4.39 Å². The van der Waals surface area contributed by atoms with Crippen LogP contribution < -0.4 is 5.32 Å². The van der Waals surface area contributed by atoms with E-state index in [2.05, 4.69) is 43.4 Å². The minimum absolute atomic E-state index is 0.0419. The van der Waals surface area contributed by atoms with Crippen molar-refractivity contribution in [1.29, 1.82) is 0 Å². The number of phenolic OH excluding ortho intramolecular Hbond substituents is 1. The largest absolute Gasteiger partial charge is 0.508 e. The van der Waals surface area contributed by atoms with Crippen LogP contribution in [-0.4, -0.2) is 5.11 Å². The van der Waals surface area contributed by atoms with Crippen LogP contribution in [-0.2, 0) is 6.54 Å². The van der Waals surface area contributed by atoms with Gasteiger partial charge in [0.05, 0.1) is 0 Å². The Kier molecular flexibility index (Phi) is 4.17. The third-order valence-electron chi connectivity index (χ3n) is 3.13. The molecule has 100 valence electrons. The molecule has 0 saturated carbocycles. The monoisotopic (exact) mass is 259 g/mol. The number of benzene rings is 2. The van der Waals surface area contributed by atoms with Gasteiger partial charge in [-0.1, -0.05) is 29.8 Å². The molecule has 0 unspecified atom stereocenters. The summed E-state index contributed by atoms with van der Waals surface area (Å²) in [5, 5.41) is 12.7. The highest BCUT2D eigenvalue weighted by Crippen LogP contribution is 2.17. The van der Waals surface area contributed by atoms with Crippen molar-refractivity contribution < 1.29 is 9.50 Å². The summed E-state index contributed by atoms with van der Waals surface area (Å²) >= 11 is 0. The third-order valence-corrected chi connectivity index (χ3v) is 3.13. The molecule has 0 bridgehead atoms. The number of aromatic hydroxyl groups is 1. The Morgan fingerprint density at radius 3 is 2.47 bits per heavy atom. The fourth-order valence-electron chi connectivity index (χ4n) is 1.98. The fraction of sp³-hybridized carbons (Fsp3) is 0.250. The first kappa shape index (κ1) is 13.6. The topological polar surface area (TPSA) is 32.3 Å². The summed E-state index contributed by atoms with van der Waals surface area (Å²) in [5.74, 6) is -0.459. The molecule has 0 spiro atoms. The Labute approximate surface area is 112 Å². The normalized spacial score (nSPS) is 12.4. The van der Waals surface area contributed by atoms with Crippen LogP contribution >= 0.6 is 0 Å². The summed E-state index contributed by atoms with van der Waals surface area (Å²) in [7, 11) is 0. The standard InChI is InChI=1S/C16H18FNO/c1-11-3-5-14(6-4-11)12(2)18-10-13-7-15(17)9-16(19)8-13/h3-9,12,18-19H,10H2,1-2H3/t12-/m0/s1. The lowest BCUT2D eigenvalue weighted by Crippen LogP contribution is -2.18. The molecule has 0 saturated heterocycles. The van der Waals surface area contributed by atoms with Gasteiger partial charge in [0.25, 0.3) is 0 Å². The van der Waals surface area contributed by atoms with Crippen LogP contribution in [0.5, 0.6) is 5.75 Å². The summed E-state index contributed by atoms with van der Waals surface area (Å²) in [6.07, 6.45) is 0. The van der Waals surface area contributed by atoms with Gasteiger partial charge < -0.3 is 10.4 Å². The maximum Gasteiger partial charge on any atom is 0.127 e. The smallest absolute Gasteiger partial charge is 0.127 e. The maximum atomic E-state index is 13.1. The molecular formula is C16H18FNO. The number of phenols is 1. The third kappa shape index (κ3) is 3.80. The van der Waals surface area contributed by atoms with Crippen molar-refractivity contribution in [3.63, 3.8) is 0 Å². The highest BCUT2D eigenvalue weighted by molar-refractivity contribution is 5.29. The van der Waals surface area contributed by atoms with Gasteiger partial charge in [0, 0.05) is 18.7 Å². The predicted molar refractivity (Wildman–Crippen MR) is 74.5 cm³/mol. The molecule has 0 aromatic heterocycles. The minimum Gasteiger partial charge on any atom is -0.508 e. The molecular weight excluding hydrogens is 241 g/mol. The molecule has 2 aromatic carbocycles. The van der Waals surface area contributed by atoms with Gasteiger partial charge in [0.2, 0.25) is 0 Å². The van der Waals surface area contributed by atoms with Gasteiger partial charge in [-0.25, -0.2) is 4.39 Å². The molecule has 3 heteroatoms. The van der Waals surface area contributed by atoms with Crippen LogP contribution in [0, 0.1) is 12.7 Å². The van der Waals surface area contributed by atoms with Crippen LogP contribution in [0.15, 0.2) is 42.5 Å². The molecule has 2 rings (SSSR count). The Morgan fingerprint density at radius 2 is 1.84 bits per heavy atom. The Hall–Kier alpha value is -1.87. The number of aryl methyl sites for hydroxylation is 1. The van der Waals surface area contributed by atoms with E-state index in [1.54, 1.807) is 6.07 Å². The number of halogens is 1. The molecule has 2 N–H and O–H groups in total. The van der Waals surface area contributed by atoms with E-state index in [0.717, 1.165) is 11.6 Å². The van der Waals surface area contributed by atoms with E-state index in [1.807, 2.05) is 0 Å². The van der Waals surface area contributed by atoms with E-state index in [4.69, 9.17) is 0 Å². The zero-order chi connectivity index (χ0) is 13.8. The lowest BCUT2D eigenvalue weighted by molar-refractivity contribution is 0.466. The molecule has 2 aromatic rings. The molecule has 0 aliphatic carbocycles. The Morgan fingerprint density at radius 1 is 1.16 bits per heavy atom. The first-order valence-corrected chi connectivity index (χ1v) is 6.33. The van der Waals surface area contributed by atoms with Crippen molar-refractivity contribution in [3.8, 4) is 5.75 Å². The van der Waals surface area contributed by atoms with Crippen LogP contribution in [0.25, 0.3) is 0 Å². The van der Waals surface area contributed by atoms with Crippen molar-refractivity contribution in [1.82, 2.24) is 5.32 Å². The molecule has 0 heterocycles. The Bertz CT molecular complexity index is 531. The van der Waals surface area contributed by atoms with Gasteiger partial charge >= 0.3 is 0 Å². The van der Waals surface area contributed by atoms with Gasteiger partial charge in [-0.15, -0.1) is 0 Å². The van der Waals surface area contributed by atoms with Crippen LogP contribution in [0.3, 0.4) is 0 Å². The number of nitrogens with one attached hydrogen (secondary N) is 1. The van der Waals surface area contributed by atoms with E-state index < -0.39 is 5.82 Å². The lowest BCUT2D eigenvalue weighted by Gasteiger charge is -2.14. The minimum atomic E-state index is -0.417. The van der Waals surface area contributed by atoms with Gasteiger partial charge in [-0.05, 0) is 37.1 Å². The van der Waals surface area contributed by atoms with E-state index in [1.165, 1.54) is 17.2 Å². The van der Waals surface area contributed by atoms with Crippen molar-refractivity contribution in [2.75, 3.05) is 0 Å².